The van der Waals surface area contributed by atoms with Crippen molar-refractivity contribution in [3.05, 3.63) is 103 Å². The Balaban J connectivity index is 1.63. The number of carbonyl (C=O) groups is 1. The molecule has 1 N–H and O–H groups in total. The molecule has 0 atom stereocenters. The van der Waals surface area contributed by atoms with Crippen molar-refractivity contribution in [3.63, 3.8) is 0 Å². The summed E-state index contributed by atoms with van der Waals surface area (Å²) in [5.41, 5.74) is 1.49. The molecular formula is C25H20N2O5S. The van der Waals surface area contributed by atoms with Gasteiger partial charge in [-0.2, -0.15) is 0 Å². The van der Waals surface area contributed by atoms with E-state index in [1.165, 1.54) is 27.9 Å². The molecule has 2 heterocycles. The second-order valence-corrected chi connectivity index (χ2v) is 8.43. The van der Waals surface area contributed by atoms with Gasteiger partial charge in [0.25, 0.3) is 5.56 Å². The number of methoxy groups -OCH3 is 1. The molecule has 0 radical (unpaired) electrons. The zero-order valence-corrected chi connectivity index (χ0v) is 18.8. The first-order valence-corrected chi connectivity index (χ1v) is 10.9. The van der Waals surface area contributed by atoms with E-state index < -0.39 is 11.7 Å². The normalized spacial score (nSPS) is 10.6. The molecule has 0 spiro atoms. The molecule has 0 saturated heterocycles. The van der Waals surface area contributed by atoms with Crippen molar-refractivity contribution in [2.75, 3.05) is 7.11 Å². The summed E-state index contributed by atoms with van der Waals surface area (Å²) in [4.78, 5) is 38.2. The minimum Gasteiger partial charge on any atom is -0.497 e. The molecule has 0 aliphatic carbocycles. The predicted molar refractivity (Wildman–Crippen MR) is 127 cm³/mol. The largest absolute Gasteiger partial charge is 0.497 e. The van der Waals surface area contributed by atoms with E-state index in [9.17, 15) is 14.4 Å². The molecule has 2 aromatic heterocycles. The van der Waals surface area contributed by atoms with Crippen LogP contribution in [0, 0.1) is 18.8 Å². The van der Waals surface area contributed by atoms with Gasteiger partial charge in [-0.15, -0.1) is 11.3 Å². The fourth-order valence-electron chi connectivity index (χ4n) is 3.37. The maximum Gasteiger partial charge on any atom is 0.336 e. The second-order valence-electron chi connectivity index (χ2n) is 7.40. The molecule has 0 bridgehead atoms. The summed E-state index contributed by atoms with van der Waals surface area (Å²) >= 11 is 1.30. The Bertz CT molecular complexity index is 1510. The first kappa shape index (κ1) is 22.1. The van der Waals surface area contributed by atoms with Gasteiger partial charge in [-0.05, 0) is 42.3 Å². The highest BCUT2D eigenvalue weighted by Crippen LogP contribution is 2.18. The third-order valence-corrected chi connectivity index (χ3v) is 6.32. The first-order valence-electron chi connectivity index (χ1n) is 10.1. The standard InChI is InChI=1S/C25H20N2O5S/c1-16-22(28)26(14-18-6-10-19(11-7-18)24(29)30)25(31)27-15-21(33-23(16)27)5-3-4-17-8-12-20(32-2)13-9-17/h6-13,15H,4,14H2,1-2H3,(H,29,30). The molecule has 33 heavy (non-hydrogen) atoms. The van der Waals surface area contributed by atoms with Gasteiger partial charge in [-0.3, -0.25) is 13.8 Å². The van der Waals surface area contributed by atoms with Crippen LogP contribution >= 0.6 is 11.3 Å². The molecule has 8 heteroatoms. The summed E-state index contributed by atoms with van der Waals surface area (Å²) in [5, 5.41) is 9.03. The molecule has 7 nitrogen and oxygen atoms in total. The van der Waals surface area contributed by atoms with Gasteiger partial charge >= 0.3 is 11.7 Å². The maximum atomic E-state index is 13.0. The summed E-state index contributed by atoms with van der Waals surface area (Å²) in [6.07, 6.45) is 2.20. The van der Waals surface area contributed by atoms with Crippen LogP contribution in [0.25, 0.3) is 4.83 Å². The monoisotopic (exact) mass is 460 g/mol. The molecule has 0 aliphatic rings. The topological polar surface area (TPSA) is 90.0 Å². The smallest absolute Gasteiger partial charge is 0.336 e. The van der Waals surface area contributed by atoms with Crippen LogP contribution in [-0.4, -0.2) is 27.2 Å². The van der Waals surface area contributed by atoms with Gasteiger partial charge in [0.05, 0.1) is 24.1 Å². The van der Waals surface area contributed by atoms with E-state index >= 15 is 0 Å². The molecule has 0 fully saturated rings. The zero-order chi connectivity index (χ0) is 23.5. The van der Waals surface area contributed by atoms with Crippen molar-refractivity contribution in [1.29, 1.82) is 0 Å². The predicted octanol–water partition coefficient (Wildman–Crippen LogP) is 3.18. The van der Waals surface area contributed by atoms with Crippen LogP contribution in [0.2, 0.25) is 0 Å². The van der Waals surface area contributed by atoms with Crippen molar-refractivity contribution in [1.82, 2.24) is 8.97 Å². The van der Waals surface area contributed by atoms with E-state index in [0.717, 1.165) is 15.9 Å². The lowest BCUT2D eigenvalue weighted by Crippen LogP contribution is -2.38. The van der Waals surface area contributed by atoms with Crippen LogP contribution in [0.3, 0.4) is 0 Å². The number of thiazole rings is 1. The Kier molecular flexibility index (Phi) is 6.16. The summed E-state index contributed by atoms with van der Waals surface area (Å²) in [7, 11) is 1.62. The molecular weight excluding hydrogens is 440 g/mol. The number of nitrogens with zero attached hydrogens (tertiary/aromatic N) is 2. The van der Waals surface area contributed by atoms with Crippen LogP contribution in [-0.2, 0) is 13.0 Å². The van der Waals surface area contributed by atoms with Gasteiger partial charge in [0.15, 0.2) is 0 Å². The average molecular weight is 461 g/mol. The minimum absolute atomic E-state index is 0.0513. The molecule has 166 valence electrons. The fraction of sp³-hybridized carbons (Fsp3) is 0.160. The number of aromatic carboxylic acids is 1. The van der Waals surface area contributed by atoms with E-state index in [1.807, 2.05) is 24.3 Å². The summed E-state index contributed by atoms with van der Waals surface area (Å²) in [6, 6.07) is 13.8. The van der Waals surface area contributed by atoms with E-state index in [0.29, 0.717) is 27.3 Å². The average Bonchev–Trinajstić information content (AvgIpc) is 3.26. The van der Waals surface area contributed by atoms with Gasteiger partial charge < -0.3 is 9.84 Å². The number of carboxylic acids is 1. The molecule has 4 rings (SSSR count). The molecule has 0 amide bonds. The number of fused-ring (bicyclic) bond motifs is 1. The number of rotatable bonds is 5. The van der Waals surface area contributed by atoms with E-state index in [4.69, 9.17) is 9.84 Å². The quantitative estimate of drug-likeness (QED) is 0.462. The Labute approximate surface area is 193 Å². The van der Waals surface area contributed by atoms with Crippen LogP contribution in [0.4, 0.5) is 0 Å². The SMILES string of the molecule is COc1ccc(CC#Cc2cn3c(=O)n(Cc4ccc(C(=O)O)cc4)c(=O)c(C)c3s2)cc1. The fourth-order valence-corrected chi connectivity index (χ4v) is 4.33. The van der Waals surface area contributed by atoms with Gasteiger partial charge in [-0.25, -0.2) is 9.59 Å². The van der Waals surface area contributed by atoms with E-state index in [-0.39, 0.29) is 17.7 Å². The first-order chi connectivity index (χ1) is 15.9. The Morgan fingerprint density at radius 2 is 1.73 bits per heavy atom. The maximum absolute atomic E-state index is 13.0. The Hall–Kier alpha value is -4.09. The molecule has 0 aliphatic heterocycles. The second kappa shape index (κ2) is 9.18. The number of hydrogen-bond acceptors (Lipinski definition) is 5. The van der Waals surface area contributed by atoms with E-state index in [1.54, 1.807) is 32.4 Å². The van der Waals surface area contributed by atoms with Crippen molar-refractivity contribution in [3.8, 4) is 17.6 Å². The van der Waals surface area contributed by atoms with E-state index in [2.05, 4.69) is 11.8 Å². The van der Waals surface area contributed by atoms with Crippen molar-refractivity contribution in [2.24, 2.45) is 0 Å². The number of hydrogen-bond donors (Lipinski definition) is 1. The van der Waals surface area contributed by atoms with Crippen LogP contribution < -0.4 is 16.0 Å². The zero-order valence-electron chi connectivity index (χ0n) is 18.0. The Morgan fingerprint density at radius 1 is 1.06 bits per heavy atom. The summed E-state index contributed by atoms with van der Waals surface area (Å²) in [5.74, 6) is 5.94. The lowest BCUT2D eigenvalue weighted by Gasteiger charge is -2.08. The summed E-state index contributed by atoms with van der Waals surface area (Å²) < 4.78 is 7.75. The van der Waals surface area contributed by atoms with Crippen LogP contribution in [0.15, 0.2) is 64.3 Å². The van der Waals surface area contributed by atoms with Crippen LogP contribution in [0.5, 0.6) is 5.75 Å². The third kappa shape index (κ3) is 4.59. The van der Waals surface area contributed by atoms with Gasteiger partial charge in [0.1, 0.15) is 10.6 Å². The number of ether oxygens (including phenoxy) is 1. The highest BCUT2D eigenvalue weighted by molar-refractivity contribution is 7.18. The number of benzene rings is 2. The van der Waals surface area contributed by atoms with Crippen molar-refractivity contribution in [2.45, 2.75) is 19.9 Å². The van der Waals surface area contributed by atoms with Crippen LogP contribution in [0.1, 0.15) is 31.9 Å². The highest BCUT2D eigenvalue weighted by atomic mass is 32.1. The minimum atomic E-state index is -1.03. The molecule has 0 saturated carbocycles. The Morgan fingerprint density at radius 3 is 2.36 bits per heavy atom. The number of aryl methyl sites for hydroxylation is 1. The molecule has 0 unspecified atom stereocenters. The lowest BCUT2D eigenvalue weighted by molar-refractivity contribution is 0.0697. The molecule has 2 aromatic carbocycles. The lowest BCUT2D eigenvalue weighted by atomic mass is 10.1. The third-order valence-electron chi connectivity index (χ3n) is 5.20. The summed E-state index contributed by atoms with van der Waals surface area (Å²) in [6.45, 7) is 1.74. The van der Waals surface area contributed by atoms with Crippen molar-refractivity contribution >= 4 is 22.1 Å². The van der Waals surface area contributed by atoms with Gasteiger partial charge in [0.2, 0.25) is 0 Å². The number of aromatic nitrogens is 2. The number of carboxylic acid groups (broad SMARTS) is 1. The molecule has 4 aromatic rings. The van der Waals surface area contributed by atoms with Gasteiger partial charge in [-0.1, -0.05) is 36.1 Å². The highest BCUT2D eigenvalue weighted by Gasteiger charge is 2.14. The van der Waals surface area contributed by atoms with Gasteiger partial charge in [0, 0.05) is 18.2 Å². The van der Waals surface area contributed by atoms with Crippen molar-refractivity contribution < 1.29 is 14.6 Å².